The summed E-state index contributed by atoms with van der Waals surface area (Å²) in [6, 6.07) is 14.0. The number of rotatable bonds is 1. The van der Waals surface area contributed by atoms with E-state index in [1.807, 2.05) is 30.3 Å². The predicted octanol–water partition coefficient (Wildman–Crippen LogP) is 5.15. The minimum atomic E-state index is -0.0927. The van der Waals surface area contributed by atoms with Crippen molar-refractivity contribution in [1.29, 1.82) is 0 Å². The topological polar surface area (TPSA) is 50.4 Å². The number of hydrogen-bond acceptors (Lipinski definition) is 4. The lowest BCUT2D eigenvalue weighted by Gasteiger charge is -2.21. The summed E-state index contributed by atoms with van der Waals surface area (Å²) in [5.41, 5.74) is 8.13. The predicted molar refractivity (Wildman–Crippen MR) is 98.1 cm³/mol. The number of thiophene rings is 1. The van der Waals surface area contributed by atoms with Crippen molar-refractivity contribution in [2.45, 2.75) is 6.04 Å². The molecule has 0 amide bonds. The molecule has 1 aliphatic rings. The molecule has 4 rings (SSSR count). The van der Waals surface area contributed by atoms with Crippen LogP contribution >= 0.6 is 38.9 Å². The standard InChI is InChI=1S/C16H11BrClN3S/c17-9-3-1-2-8(6-9)13-15-14(21-16(19)20-13)11-7-10(18)4-5-12(11)22-15/h1-7,13H,(H3,19,20,21). The van der Waals surface area contributed by atoms with Gasteiger partial charge >= 0.3 is 0 Å². The van der Waals surface area contributed by atoms with Crippen molar-refractivity contribution in [2.75, 3.05) is 5.32 Å². The highest BCUT2D eigenvalue weighted by Gasteiger charge is 2.26. The van der Waals surface area contributed by atoms with Crippen molar-refractivity contribution in [2.24, 2.45) is 10.7 Å². The Morgan fingerprint density at radius 3 is 2.91 bits per heavy atom. The summed E-state index contributed by atoms with van der Waals surface area (Å²) in [4.78, 5) is 5.75. The van der Waals surface area contributed by atoms with E-state index >= 15 is 0 Å². The number of guanidine groups is 1. The van der Waals surface area contributed by atoms with E-state index < -0.39 is 0 Å². The zero-order chi connectivity index (χ0) is 15.3. The third-order valence-electron chi connectivity index (χ3n) is 3.61. The number of nitrogens with zero attached hydrogens (tertiary/aromatic N) is 1. The Morgan fingerprint density at radius 2 is 2.09 bits per heavy atom. The molecule has 3 N–H and O–H groups in total. The largest absolute Gasteiger partial charge is 0.370 e. The molecule has 0 saturated heterocycles. The molecule has 2 aromatic carbocycles. The lowest BCUT2D eigenvalue weighted by Crippen LogP contribution is -2.27. The fourth-order valence-electron chi connectivity index (χ4n) is 2.67. The second-order valence-electron chi connectivity index (χ2n) is 5.08. The average Bonchev–Trinajstić information content (AvgIpc) is 2.84. The minimum absolute atomic E-state index is 0.0927. The summed E-state index contributed by atoms with van der Waals surface area (Å²) in [6.45, 7) is 0. The third kappa shape index (κ3) is 2.29. The first-order chi connectivity index (χ1) is 10.6. The normalized spacial score (nSPS) is 17.0. The van der Waals surface area contributed by atoms with Crippen LogP contribution in [-0.4, -0.2) is 5.96 Å². The molecule has 0 saturated carbocycles. The molecule has 1 aliphatic heterocycles. The first kappa shape index (κ1) is 14.1. The molecule has 0 aliphatic carbocycles. The zero-order valence-electron chi connectivity index (χ0n) is 11.3. The molecular formula is C16H11BrClN3S. The fraction of sp³-hybridized carbons (Fsp3) is 0.0625. The van der Waals surface area contributed by atoms with Crippen LogP contribution < -0.4 is 11.1 Å². The average molecular weight is 393 g/mol. The van der Waals surface area contributed by atoms with E-state index in [2.05, 4.69) is 38.4 Å². The Balaban J connectivity index is 1.95. The van der Waals surface area contributed by atoms with Gasteiger partial charge in [0.15, 0.2) is 5.96 Å². The summed E-state index contributed by atoms with van der Waals surface area (Å²) in [5, 5.41) is 5.00. The Morgan fingerprint density at radius 1 is 1.23 bits per heavy atom. The maximum atomic E-state index is 6.14. The maximum Gasteiger partial charge on any atom is 0.194 e. The van der Waals surface area contributed by atoms with Crippen LogP contribution in [0.5, 0.6) is 0 Å². The molecule has 1 aromatic heterocycles. The van der Waals surface area contributed by atoms with Crippen molar-refractivity contribution in [3.8, 4) is 0 Å². The van der Waals surface area contributed by atoms with Gasteiger partial charge in [-0.1, -0.05) is 39.7 Å². The molecular weight excluding hydrogens is 382 g/mol. The highest BCUT2D eigenvalue weighted by molar-refractivity contribution is 9.10. The summed E-state index contributed by atoms with van der Waals surface area (Å²) >= 11 is 11.4. The van der Waals surface area contributed by atoms with Crippen LogP contribution in [0.4, 0.5) is 5.69 Å². The van der Waals surface area contributed by atoms with Crippen molar-refractivity contribution in [3.63, 3.8) is 0 Å². The Kier molecular flexibility index (Phi) is 3.36. The fourth-order valence-corrected chi connectivity index (χ4v) is 4.47. The lowest BCUT2D eigenvalue weighted by atomic mass is 10.0. The lowest BCUT2D eigenvalue weighted by molar-refractivity contribution is 0.881. The summed E-state index contributed by atoms with van der Waals surface area (Å²) in [7, 11) is 0. The highest BCUT2D eigenvalue weighted by Crippen LogP contribution is 2.45. The van der Waals surface area contributed by atoms with Crippen LogP contribution in [0, 0.1) is 0 Å². The monoisotopic (exact) mass is 391 g/mol. The summed E-state index contributed by atoms with van der Waals surface area (Å²) in [5.74, 6) is 0.428. The van der Waals surface area contributed by atoms with Gasteiger partial charge in [0.05, 0.1) is 10.6 Å². The van der Waals surface area contributed by atoms with Crippen LogP contribution in [0.3, 0.4) is 0 Å². The van der Waals surface area contributed by atoms with E-state index in [9.17, 15) is 0 Å². The Hall–Kier alpha value is -1.56. The van der Waals surface area contributed by atoms with E-state index in [-0.39, 0.29) is 6.04 Å². The van der Waals surface area contributed by atoms with E-state index in [1.54, 1.807) is 11.3 Å². The van der Waals surface area contributed by atoms with Gasteiger partial charge in [-0.2, -0.15) is 0 Å². The Labute approximate surface area is 144 Å². The van der Waals surface area contributed by atoms with Crippen molar-refractivity contribution in [1.82, 2.24) is 0 Å². The SMILES string of the molecule is NC1=NC(c2cccc(Br)c2)c2sc3ccc(Cl)cc3c2N1. The minimum Gasteiger partial charge on any atom is -0.370 e. The molecule has 3 aromatic rings. The maximum absolute atomic E-state index is 6.14. The molecule has 0 fully saturated rings. The zero-order valence-corrected chi connectivity index (χ0v) is 14.5. The van der Waals surface area contributed by atoms with Gasteiger partial charge in [0, 0.05) is 19.6 Å². The van der Waals surface area contributed by atoms with Gasteiger partial charge in [-0.05, 0) is 35.9 Å². The first-order valence-electron chi connectivity index (χ1n) is 6.69. The molecule has 1 unspecified atom stereocenters. The number of hydrogen-bond donors (Lipinski definition) is 2. The number of fused-ring (bicyclic) bond motifs is 3. The van der Waals surface area contributed by atoms with Crippen molar-refractivity contribution < 1.29 is 0 Å². The second kappa shape index (κ2) is 5.26. The van der Waals surface area contributed by atoms with Gasteiger partial charge < -0.3 is 11.1 Å². The van der Waals surface area contributed by atoms with Gasteiger partial charge in [-0.25, -0.2) is 4.99 Å². The van der Waals surface area contributed by atoms with Gasteiger partial charge in [0.1, 0.15) is 6.04 Å². The number of halogens is 2. The van der Waals surface area contributed by atoms with Crippen molar-refractivity contribution >= 4 is 60.6 Å². The number of benzene rings is 2. The second-order valence-corrected chi connectivity index (χ2v) is 7.51. The van der Waals surface area contributed by atoms with Gasteiger partial charge in [0.25, 0.3) is 0 Å². The molecule has 3 nitrogen and oxygen atoms in total. The summed E-state index contributed by atoms with van der Waals surface area (Å²) < 4.78 is 2.20. The highest BCUT2D eigenvalue weighted by atomic mass is 79.9. The number of nitrogens with two attached hydrogens (primary N) is 1. The molecule has 6 heteroatoms. The van der Waals surface area contributed by atoms with E-state index in [0.29, 0.717) is 5.96 Å². The van der Waals surface area contributed by atoms with Crippen LogP contribution in [-0.2, 0) is 0 Å². The van der Waals surface area contributed by atoms with Crippen LogP contribution in [0.25, 0.3) is 10.1 Å². The molecule has 0 bridgehead atoms. The van der Waals surface area contributed by atoms with Gasteiger partial charge in [-0.3, -0.25) is 0 Å². The molecule has 22 heavy (non-hydrogen) atoms. The molecule has 2 heterocycles. The molecule has 0 radical (unpaired) electrons. The third-order valence-corrected chi connectivity index (χ3v) is 5.56. The first-order valence-corrected chi connectivity index (χ1v) is 8.68. The van der Waals surface area contributed by atoms with Crippen LogP contribution in [0.15, 0.2) is 51.9 Å². The van der Waals surface area contributed by atoms with E-state index in [1.165, 1.54) is 4.70 Å². The van der Waals surface area contributed by atoms with E-state index in [4.69, 9.17) is 17.3 Å². The number of anilines is 1. The summed E-state index contributed by atoms with van der Waals surface area (Å²) in [6.07, 6.45) is 0. The molecule has 110 valence electrons. The number of aliphatic imine (C=N–C) groups is 1. The van der Waals surface area contributed by atoms with Gasteiger partial charge in [-0.15, -0.1) is 11.3 Å². The smallest absolute Gasteiger partial charge is 0.194 e. The van der Waals surface area contributed by atoms with Crippen LogP contribution in [0.1, 0.15) is 16.5 Å². The van der Waals surface area contributed by atoms with Gasteiger partial charge in [0.2, 0.25) is 0 Å². The number of nitrogens with one attached hydrogen (secondary N) is 1. The van der Waals surface area contributed by atoms with Crippen molar-refractivity contribution in [3.05, 3.63) is 62.4 Å². The Bertz CT molecular complexity index is 919. The molecule has 0 spiro atoms. The van der Waals surface area contributed by atoms with Crippen LogP contribution in [0.2, 0.25) is 5.02 Å². The quantitative estimate of drug-likeness (QED) is 0.602. The molecule has 1 atom stereocenters. The van der Waals surface area contributed by atoms with E-state index in [0.717, 1.165) is 31.0 Å².